The van der Waals surface area contributed by atoms with Crippen LogP contribution in [-0.2, 0) is 27.3 Å². The average molecular weight is 433 g/mol. The third kappa shape index (κ3) is 5.77. The van der Waals surface area contributed by atoms with Crippen molar-refractivity contribution < 1.29 is 28.6 Å². The third-order valence-electron chi connectivity index (χ3n) is 5.16. The Morgan fingerprint density at radius 1 is 1.26 bits per heavy atom. The van der Waals surface area contributed by atoms with E-state index in [0.29, 0.717) is 48.4 Å². The van der Waals surface area contributed by atoms with Gasteiger partial charge in [-0.25, -0.2) is 9.59 Å². The van der Waals surface area contributed by atoms with Crippen molar-refractivity contribution in [1.29, 1.82) is 0 Å². The Morgan fingerprint density at radius 2 is 1.97 bits per heavy atom. The van der Waals surface area contributed by atoms with E-state index in [4.69, 9.17) is 14.2 Å². The summed E-state index contributed by atoms with van der Waals surface area (Å²) in [6, 6.07) is -0.353. The van der Waals surface area contributed by atoms with Crippen molar-refractivity contribution in [2.45, 2.75) is 53.1 Å². The van der Waals surface area contributed by atoms with Gasteiger partial charge in [0.05, 0.1) is 25.0 Å². The monoisotopic (exact) mass is 432 g/mol. The van der Waals surface area contributed by atoms with Crippen molar-refractivity contribution in [2.75, 3.05) is 33.1 Å². The molecular formula is C23H32N2O6. The molecule has 1 aliphatic rings. The molecule has 8 heteroatoms. The van der Waals surface area contributed by atoms with Gasteiger partial charge < -0.3 is 24.4 Å². The minimum absolute atomic E-state index is 0.149. The number of carbonyl (C=O) groups excluding carboxylic acids is 3. The average Bonchev–Trinajstić information content (AvgIpc) is 3.12. The van der Waals surface area contributed by atoms with E-state index in [1.54, 1.807) is 21.2 Å². The quantitative estimate of drug-likeness (QED) is 0.468. The van der Waals surface area contributed by atoms with E-state index in [1.807, 2.05) is 26.8 Å². The van der Waals surface area contributed by atoms with Gasteiger partial charge in [-0.1, -0.05) is 18.6 Å². The van der Waals surface area contributed by atoms with Gasteiger partial charge in [0.25, 0.3) is 0 Å². The summed E-state index contributed by atoms with van der Waals surface area (Å²) in [6.45, 7) is 6.34. The number of nitrogens with one attached hydrogen (secondary N) is 1. The number of rotatable bonds is 9. The molecule has 0 fully saturated rings. The smallest absolute Gasteiger partial charge is 0.341 e. The molecule has 1 aromatic carbocycles. The highest BCUT2D eigenvalue weighted by atomic mass is 16.5. The van der Waals surface area contributed by atoms with Crippen molar-refractivity contribution in [2.24, 2.45) is 0 Å². The van der Waals surface area contributed by atoms with Crippen LogP contribution in [0.3, 0.4) is 0 Å². The zero-order valence-corrected chi connectivity index (χ0v) is 19.2. The molecule has 0 saturated heterocycles. The number of benzene rings is 1. The molecule has 1 heterocycles. The zero-order chi connectivity index (χ0) is 23.1. The van der Waals surface area contributed by atoms with Crippen LogP contribution in [0.1, 0.15) is 60.2 Å². The number of carbonyl (C=O) groups is 3. The first-order valence-electron chi connectivity index (χ1n) is 10.4. The van der Waals surface area contributed by atoms with Crippen LogP contribution >= 0.6 is 0 Å². The van der Waals surface area contributed by atoms with Crippen LogP contribution in [0.25, 0.3) is 0 Å². The predicted octanol–water partition coefficient (Wildman–Crippen LogP) is 3.99. The number of amides is 2. The van der Waals surface area contributed by atoms with Crippen molar-refractivity contribution in [3.8, 4) is 5.75 Å². The predicted molar refractivity (Wildman–Crippen MR) is 118 cm³/mol. The molecule has 1 aliphatic heterocycles. The van der Waals surface area contributed by atoms with Gasteiger partial charge in [0.1, 0.15) is 12.4 Å². The van der Waals surface area contributed by atoms with Gasteiger partial charge in [-0.3, -0.25) is 4.79 Å². The highest BCUT2D eigenvalue weighted by Crippen LogP contribution is 2.41. The van der Waals surface area contributed by atoms with Gasteiger partial charge in [-0.2, -0.15) is 0 Å². The molecule has 0 spiro atoms. The van der Waals surface area contributed by atoms with E-state index in [-0.39, 0.29) is 18.6 Å². The van der Waals surface area contributed by atoms with Crippen LogP contribution in [0.5, 0.6) is 5.75 Å². The highest BCUT2D eigenvalue weighted by molar-refractivity contribution is 6.05. The lowest BCUT2D eigenvalue weighted by Gasteiger charge is -2.21. The number of ether oxygens (including phenoxy) is 3. The van der Waals surface area contributed by atoms with E-state index >= 15 is 0 Å². The second kappa shape index (κ2) is 10.8. The fourth-order valence-corrected chi connectivity index (χ4v) is 3.38. The lowest BCUT2D eigenvalue weighted by Crippen LogP contribution is -2.29. The molecule has 0 radical (unpaired) electrons. The molecule has 2 amide bonds. The fourth-order valence-electron chi connectivity index (χ4n) is 3.38. The fraction of sp³-hybridized carbons (Fsp3) is 0.522. The number of hydrogen-bond donors (Lipinski definition) is 1. The Kier molecular flexibility index (Phi) is 8.47. The summed E-state index contributed by atoms with van der Waals surface area (Å²) in [5, 5.41) is 2.84. The standard InChI is InChI=1S/C23H32N2O6/c1-7-12-30-18(26)11-9-14(2)8-10-16-20(24-23(28)25(4)5)19-17(13-31-22(19)27)15(3)21(16)29-6/h8H,7,9-13H2,1-6H3,(H,24,28)/b14-8+. The largest absolute Gasteiger partial charge is 0.496 e. The van der Waals surface area contributed by atoms with Crippen molar-refractivity contribution in [1.82, 2.24) is 4.90 Å². The number of fused-ring (bicyclic) bond motifs is 1. The second-order valence-corrected chi connectivity index (χ2v) is 7.74. The maximum absolute atomic E-state index is 12.4. The summed E-state index contributed by atoms with van der Waals surface area (Å²) >= 11 is 0. The van der Waals surface area contributed by atoms with Crippen molar-refractivity contribution >= 4 is 23.7 Å². The van der Waals surface area contributed by atoms with E-state index in [1.165, 1.54) is 4.90 Å². The summed E-state index contributed by atoms with van der Waals surface area (Å²) < 4.78 is 16.0. The molecule has 8 nitrogen and oxygen atoms in total. The number of urea groups is 1. The van der Waals surface area contributed by atoms with Crippen LogP contribution in [0, 0.1) is 6.92 Å². The number of nitrogens with zero attached hydrogens (tertiary/aromatic N) is 1. The van der Waals surface area contributed by atoms with Crippen molar-refractivity contribution in [3.05, 3.63) is 33.9 Å². The number of hydrogen-bond acceptors (Lipinski definition) is 6. The van der Waals surface area contributed by atoms with Gasteiger partial charge in [0, 0.05) is 31.6 Å². The number of allylic oxidation sites excluding steroid dienone is 2. The molecular weight excluding hydrogens is 400 g/mol. The minimum Gasteiger partial charge on any atom is -0.496 e. The highest BCUT2D eigenvalue weighted by Gasteiger charge is 2.32. The Morgan fingerprint density at radius 3 is 2.58 bits per heavy atom. The SMILES string of the molecule is CCCOC(=O)CC/C(C)=C/Cc1c(NC(=O)N(C)C)c2c(c(C)c1OC)COC2=O. The molecule has 0 aliphatic carbocycles. The summed E-state index contributed by atoms with van der Waals surface area (Å²) in [6.07, 6.45) is 4.06. The van der Waals surface area contributed by atoms with Gasteiger partial charge in [0.15, 0.2) is 0 Å². The van der Waals surface area contributed by atoms with Crippen molar-refractivity contribution in [3.63, 3.8) is 0 Å². The first-order chi connectivity index (χ1) is 14.7. The minimum atomic E-state index is -0.463. The first kappa shape index (κ1) is 24.2. The summed E-state index contributed by atoms with van der Waals surface area (Å²) in [5.41, 5.74) is 4.01. The van der Waals surface area contributed by atoms with E-state index in [0.717, 1.165) is 23.1 Å². The topological polar surface area (TPSA) is 94.2 Å². The van der Waals surface area contributed by atoms with Crippen LogP contribution in [-0.4, -0.2) is 50.7 Å². The van der Waals surface area contributed by atoms with Crippen LogP contribution in [0.2, 0.25) is 0 Å². The van der Waals surface area contributed by atoms with Crippen LogP contribution in [0.4, 0.5) is 10.5 Å². The maximum atomic E-state index is 12.4. The molecule has 2 rings (SSSR count). The number of esters is 2. The Labute approximate surface area is 183 Å². The Balaban J connectivity index is 2.37. The van der Waals surface area contributed by atoms with E-state index < -0.39 is 5.97 Å². The molecule has 0 atom stereocenters. The lowest BCUT2D eigenvalue weighted by atomic mass is 9.93. The van der Waals surface area contributed by atoms with Gasteiger partial charge in [-0.15, -0.1) is 0 Å². The molecule has 170 valence electrons. The molecule has 0 saturated carbocycles. The van der Waals surface area contributed by atoms with E-state index in [9.17, 15) is 14.4 Å². The molecule has 1 N–H and O–H groups in total. The van der Waals surface area contributed by atoms with Crippen LogP contribution in [0.15, 0.2) is 11.6 Å². The molecule has 0 unspecified atom stereocenters. The Hall–Kier alpha value is -3.03. The molecule has 1 aromatic rings. The molecule has 0 bridgehead atoms. The van der Waals surface area contributed by atoms with E-state index in [2.05, 4.69) is 5.32 Å². The summed E-state index contributed by atoms with van der Waals surface area (Å²) in [5.74, 6) is -0.0739. The normalized spacial score (nSPS) is 12.8. The van der Waals surface area contributed by atoms with Gasteiger partial charge in [-0.05, 0) is 38.7 Å². The Bertz CT molecular complexity index is 889. The zero-order valence-electron chi connectivity index (χ0n) is 19.2. The van der Waals surface area contributed by atoms with Gasteiger partial charge in [0.2, 0.25) is 0 Å². The number of anilines is 1. The lowest BCUT2D eigenvalue weighted by molar-refractivity contribution is -0.143. The maximum Gasteiger partial charge on any atom is 0.341 e. The molecule has 0 aromatic heterocycles. The number of cyclic esters (lactones) is 1. The van der Waals surface area contributed by atoms with Gasteiger partial charge >= 0.3 is 18.0 Å². The number of methoxy groups -OCH3 is 1. The van der Waals surface area contributed by atoms with Crippen LogP contribution < -0.4 is 10.1 Å². The third-order valence-corrected chi connectivity index (χ3v) is 5.16. The first-order valence-corrected chi connectivity index (χ1v) is 10.4. The summed E-state index contributed by atoms with van der Waals surface area (Å²) in [7, 11) is 4.81. The molecule has 31 heavy (non-hydrogen) atoms. The summed E-state index contributed by atoms with van der Waals surface area (Å²) in [4.78, 5) is 38.0. The second-order valence-electron chi connectivity index (χ2n) is 7.74.